The van der Waals surface area contributed by atoms with E-state index in [2.05, 4.69) is 9.71 Å². The van der Waals surface area contributed by atoms with E-state index in [4.69, 9.17) is 9.15 Å². The fourth-order valence-corrected chi connectivity index (χ4v) is 4.41. The van der Waals surface area contributed by atoms with Gasteiger partial charge < -0.3 is 9.15 Å². The van der Waals surface area contributed by atoms with Crippen molar-refractivity contribution in [3.05, 3.63) is 115 Å². The number of nitrogens with zero attached hydrogens (tertiary/aromatic N) is 1. The van der Waals surface area contributed by atoms with Crippen LogP contribution in [0.25, 0.3) is 22.8 Å². The van der Waals surface area contributed by atoms with Gasteiger partial charge in [0, 0.05) is 16.8 Å². The molecule has 1 aromatic heterocycles. The number of para-hydroxylation sites is 1. The molecule has 5 rings (SSSR count). The summed E-state index contributed by atoms with van der Waals surface area (Å²) in [5, 5.41) is 0. The zero-order chi connectivity index (χ0) is 23.4. The maximum absolute atomic E-state index is 12.8. The van der Waals surface area contributed by atoms with Gasteiger partial charge in [0.15, 0.2) is 5.76 Å². The number of ether oxygens (including phenoxy) is 1. The molecule has 0 spiro atoms. The summed E-state index contributed by atoms with van der Waals surface area (Å²) in [4.78, 5) is 4.45. The van der Waals surface area contributed by atoms with Gasteiger partial charge in [0.25, 0.3) is 10.0 Å². The Labute approximate surface area is 197 Å². The molecule has 0 unspecified atom stereocenters. The highest BCUT2D eigenvalue weighted by atomic mass is 32.2. The summed E-state index contributed by atoms with van der Waals surface area (Å²) in [5.41, 5.74) is 2.04. The molecule has 0 aliphatic heterocycles. The Morgan fingerprint density at radius 3 is 1.97 bits per heavy atom. The van der Waals surface area contributed by atoms with Crippen molar-refractivity contribution >= 4 is 15.7 Å². The number of nitrogens with one attached hydrogen (secondary N) is 1. The SMILES string of the molecule is O=S(=O)(Nc1ccc(Oc2ccccc2)cc1)c1ccc(-c2ncc(-c3ccccc3)o2)cc1. The summed E-state index contributed by atoms with van der Waals surface area (Å²) in [6.07, 6.45) is 1.65. The van der Waals surface area contributed by atoms with Crippen molar-refractivity contribution in [3.63, 3.8) is 0 Å². The number of anilines is 1. The van der Waals surface area contributed by atoms with Gasteiger partial charge in [-0.15, -0.1) is 0 Å². The first-order chi connectivity index (χ1) is 16.6. The van der Waals surface area contributed by atoms with Gasteiger partial charge in [-0.3, -0.25) is 4.72 Å². The second-order valence-electron chi connectivity index (χ2n) is 7.47. The molecule has 34 heavy (non-hydrogen) atoms. The zero-order valence-corrected chi connectivity index (χ0v) is 18.8. The van der Waals surface area contributed by atoms with Gasteiger partial charge >= 0.3 is 0 Å². The Morgan fingerprint density at radius 1 is 0.676 bits per heavy atom. The minimum absolute atomic E-state index is 0.135. The quantitative estimate of drug-likeness (QED) is 0.291. The number of aromatic nitrogens is 1. The minimum Gasteiger partial charge on any atom is -0.457 e. The van der Waals surface area contributed by atoms with Crippen molar-refractivity contribution in [1.82, 2.24) is 4.98 Å². The van der Waals surface area contributed by atoms with Crippen molar-refractivity contribution < 1.29 is 17.6 Å². The average molecular weight is 469 g/mol. The molecule has 0 saturated heterocycles. The third kappa shape index (κ3) is 4.84. The van der Waals surface area contributed by atoms with Crippen LogP contribution in [0.4, 0.5) is 5.69 Å². The van der Waals surface area contributed by atoms with Crippen LogP contribution in [-0.2, 0) is 10.0 Å². The van der Waals surface area contributed by atoms with Crippen LogP contribution in [0.5, 0.6) is 11.5 Å². The minimum atomic E-state index is -3.76. The molecule has 0 radical (unpaired) electrons. The highest BCUT2D eigenvalue weighted by Gasteiger charge is 2.16. The first-order valence-electron chi connectivity index (χ1n) is 10.5. The Hall–Kier alpha value is -4.36. The maximum atomic E-state index is 12.8. The van der Waals surface area contributed by atoms with Gasteiger partial charge in [0.1, 0.15) is 11.5 Å². The van der Waals surface area contributed by atoms with Crippen LogP contribution in [0.1, 0.15) is 0 Å². The van der Waals surface area contributed by atoms with Gasteiger partial charge in [-0.05, 0) is 60.7 Å². The molecule has 0 fully saturated rings. The molecule has 6 nitrogen and oxygen atoms in total. The summed E-state index contributed by atoms with van der Waals surface area (Å²) in [6, 6.07) is 32.1. The smallest absolute Gasteiger partial charge is 0.261 e. The Bertz CT molecular complexity index is 1480. The van der Waals surface area contributed by atoms with Crippen LogP contribution in [0, 0.1) is 0 Å². The summed E-state index contributed by atoms with van der Waals surface area (Å²) in [5.74, 6) is 2.38. The number of benzene rings is 4. The summed E-state index contributed by atoms with van der Waals surface area (Å²) in [6.45, 7) is 0. The highest BCUT2D eigenvalue weighted by molar-refractivity contribution is 7.92. The van der Waals surface area contributed by atoms with Crippen molar-refractivity contribution in [3.8, 4) is 34.3 Å². The average Bonchev–Trinajstić information content (AvgIpc) is 3.37. The van der Waals surface area contributed by atoms with Crippen molar-refractivity contribution in [2.24, 2.45) is 0 Å². The van der Waals surface area contributed by atoms with Crippen LogP contribution in [0.3, 0.4) is 0 Å². The maximum Gasteiger partial charge on any atom is 0.261 e. The second kappa shape index (κ2) is 9.25. The van der Waals surface area contributed by atoms with E-state index < -0.39 is 10.0 Å². The number of oxazole rings is 1. The lowest BCUT2D eigenvalue weighted by molar-refractivity contribution is 0.483. The van der Waals surface area contributed by atoms with E-state index in [0.717, 1.165) is 5.56 Å². The molecular formula is C27H20N2O4S. The predicted octanol–water partition coefficient (Wildman–Crippen LogP) is 6.60. The van der Waals surface area contributed by atoms with Crippen molar-refractivity contribution in [1.29, 1.82) is 0 Å². The van der Waals surface area contributed by atoms with Crippen LogP contribution < -0.4 is 9.46 Å². The molecule has 0 atom stereocenters. The van der Waals surface area contributed by atoms with E-state index in [0.29, 0.717) is 34.4 Å². The fraction of sp³-hybridized carbons (Fsp3) is 0. The van der Waals surface area contributed by atoms with Crippen LogP contribution >= 0.6 is 0 Å². The lowest BCUT2D eigenvalue weighted by Crippen LogP contribution is -2.12. The van der Waals surface area contributed by atoms with E-state index in [-0.39, 0.29) is 4.90 Å². The molecule has 7 heteroatoms. The van der Waals surface area contributed by atoms with Crippen molar-refractivity contribution in [2.45, 2.75) is 4.90 Å². The molecule has 0 amide bonds. The lowest BCUT2D eigenvalue weighted by atomic mass is 10.2. The fourth-order valence-electron chi connectivity index (χ4n) is 3.35. The second-order valence-corrected chi connectivity index (χ2v) is 9.15. The molecule has 5 aromatic rings. The summed E-state index contributed by atoms with van der Waals surface area (Å²) in [7, 11) is -3.76. The largest absolute Gasteiger partial charge is 0.457 e. The number of sulfonamides is 1. The topological polar surface area (TPSA) is 81.4 Å². The van der Waals surface area contributed by atoms with Crippen LogP contribution in [0.15, 0.2) is 125 Å². The van der Waals surface area contributed by atoms with Crippen LogP contribution in [-0.4, -0.2) is 13.4 Å². The summed E-state index contributed by atoms with van der Waals surface area (Å²) < 4.78 is 39.8. The van der Waals surface area contributed by atoms with Gasteiger partial charge in [0.2, 0.25) is 5.89 Å². The van der Waals surface area contributed by atoms with Crippen LogP contribution in [0.2, 0.25) is 0 Å². The lowest BCUT2D eigenvalue weighted by Gasteiger charge is -2.10. The number of rotatable bonds is 7. The highest BCUT2D eigenvalue weighted by Crippen LogP contribution is 2.28. The monoisotopic (exact) mass is 468 g/mol. The van der Waals surface area contributed by atoms with E-state index in [1.165, 1.54) is 12.1 Å². The molecular weight excluding hydrogens is 448 g/mol. The third-order valence-corrected chi connectivity index (χ3v) is 6.46. The van der Waals surface area contributed by atoms with E-state index in [1.54, 1.807) is 42.6 Å². The van der Waals surface area contributed by atoms with E-state index >= 15 is 0 Å². The number of hydrogen-bond acceptors (Lipinski definition) is 5. The Balaban J connectivity index is 1.28. The van der Waals surface area contributed by atoms with E-state index in [1.807, 2.05) is 60.7 Å². The molecule has 4 aromatic carbocycles. The van der Waals surface area contributed by atoms with E-state index in [9.17, 15) is 8.42 Å². The predicted molar refractivity (Wildman–Crippen MR) is 131 cm³/mol. The summed E-state index contributed by atoms with van der Waals surface area (Å²) >= 11 is 0. The molecule has 0 aliphatic carbocycles. The molecule has 1 N–H and O–H groups in total. The molecule has 0 aliphatic rings. The normalized spacial score (nSPS) is 11.2. The first kappa shape index (κ1) is 21.5. The molecule has 1 heterocycles. The van der Waals surface area contributed by atoms with Gasteiger partial charge in [0.05, 0.1) is 11.1 Å². The number of hydrogen-bond donors (Lipinski definition) is 1. The zero-order valence-electron chi connectivity index (χ0n) is 18.0. The third-order valence-electron chi connectivity index (χ3n) is 5.06. The van der Waals surface area contributed by atoms with Gasteiger partial charge in [-0.25, -0.2) is 13.4 Å². The molecule has 168 valence electrons. The standard InChI is InChI=1S/C27H20N2O4S/c30-34(31,29-22-13-15-24(16-14-22)32-23-9-5-2-6-10-23)25-17-11-21(12-18-25)27-28-19-26(33-27)20-7-3-1-4-8-20/h1-19,29H. The molecule has 0 bridgehead atoms. The Morgan fingerprint density at radius 2 is 1.29 bits per heavy atom. The Kier molecular flexibility index (Phi) is 5.84. The first-order valence-corrected chi connectivity index (χ1v) is 12.0. The molecule has 0 saturated carbocycles. The van der Waals surface area contributed by atoms with Gasteiger partial charge in [-0.2, -0.15) is 0 Å². The van der Waals surface area contributed by atoms with Gasteiger partial charge in [-0.1, -0.05) is 48.5 Å². The van der Waals surface area contributed by atoms with Crippen molar-refractivity contribution in [2.75, 3.05) is 4.72 Å².